The molecule has 3 aromatic carbocycles. The zero-order valence-corrected chi connectivity index (χ0v) is 23.1. The number of aromatic nitrogens is 1. The fourth-order valence-corrected chi connectivity index (χ4v) is 4.44. The molecule has 0 spiro atoms. The van der Waals surface area contributed by atoms with Gasteiger partial charge in [-0.1, -0.05) is 49.7 Å². The third-order valence-corrected chi connectivity index (χ3v) is 6.45. The van der Waals surface area contributed by atoms with Crippen molar-refractivity contribution in [2.24, 2.45) is 0 Å². The predicted octanol–water partition coefficient (Wildman–Crippen LogP) is 7.27. The quantitative estimate of drug-likeness (QED) is 0.142. The van der Waals surface area contributed by atoms with E-state index in [-0.39, 0.29) is 11.7 Å². The molecule has 0 aliphatic heterocycles. The van der Waals surface area contributed by atoms with Crippen LogP contribution in [-0.4, -0.2) is 31.1 Å². The highest BCUT2D eigenvalue weighted by molar-refractivity contribution is 6.34. The number of hydrogen-bond acceptors (Lipinski definition) is 6. The number of pyridine rings is 1. The molecule has 0 radical (unpaired) electrons. The molecule has 1 N–H and O–H groups in total. The van der Waals surface area contributed by atoms with Gasteiger partial charge in [0.1, 0.15) is 0 Å². The van der Waals surface area contributed by atoms with Crippen molar-refractivity contribution in [3.8, 4) is 28.4 Å². The minimum atomic E-state index is -0.506. The molecule has 4 rings (SSSR count). The van der Waals surface area contributed by atoms with Crippen LogP contribution < -0.4 is 19.5 Å². The summed E-state index contributed by atoms with van der Waals surface area (Å²) in [5.74, 6) is 0.201. The minimum absolute atomic E-state index is 0.168. The number of rotatable bonds is 8. The van der Waals surface area contributed by atoms with Gasteiger partial charge < -0.3 is 19.5 Å². The van der Waals surface area contributed by atoms with E-state index >= 15 is 0 Å². The van der Waals surface area contributed by atoms with Gasteiger partial charge in [0.05, 0.1) is 31.6 Å². The Kier molecular flexibility index (Phi) is 8.52. The van der Waals surface area contributed by atoms with Crippen LogP contribution in [0.5, 0.6) is 17.2 Å². The van der Waals surface area contributed by atoms with Gasteiger partial charge in [-0.05, 0) is 53.5 Å². The zero-order chi connectivity index (χ0) is 28.1. The number of carbonyl (C=O) groups excluding carboxylic acids is 2. The van der Waals surface area contributed by atoms with Gasteiger partial charge in [0, 0.05) is 34.5 Å². The summed E-state index contributed by atoms with van der Waals surface area (Å²) >= 11 is 6.61. The predicted molar refractivity (Wildman–Crippen MR) is 155 cm³/mol. The van der Waals surface area contributed by atoms with E-state index in [1.807, 2.05) is 30.3 Å². The van der Waals surface area contributed by atoms with E-state index in [9.17, 15) is 9.59 Å². The van der Waals surface area contributed by atoms with Crippen LogP contribution in [0.25, 0.3) is 28.1 Å². The van der Waals surface area contributed by atoms with Crippen LogP contribution in [0.2, 0.25) is 5.02 Å². The summed E-state index contributed by atoms with van der Waals surface area (Å²) in [6.45, 7) is 5.55. The average Bonchev–Trinajstić information content (AvgIpc) is 2.92. The van der Waals surface area contributed by atoms with Crippen LogP contribution in [0.1, 0.15) is 37.8 Å². The maximum Gasteiger partial charge on any atom is 0.308 e. The van der Waals surface area contributed by atoms with E-state index < -0.39 is 5.97 Å². The monoisotopic (exact) mass is 544 g/mol. The molecule has 1 heterocycles. The van der Waals surface area contributed by atoms with Crippen LogP contribution in [0.3, 0.4) is 0 Å². The molecule has 0 saturated carbocycles. The number of esters is 1. The number of hydrogen-bond donors (Lipinski definition) is 1. The largest absolute Gasteiger partial charge is 0.493 e. The summed E-state index contributed by atoms with van der Waals surface area (Å²) in [5, 5.41) is 4.43. The summed E-state index contributed by atoms with van der Waals surface area (Å²) in [7, 11) is 2.91. The van der Waals surface area contributed by atoms with Gasteiger partial charge in [-0.2, -0.15) is 0 Å². The Bertz CT molecular complexity index is 1550. The van der Waals surface area contributed by atoms with Gasteiger partial charge >= 0.3 is 5.97 Å². The summed E-state index contributed by atoms with van der Waals surface area (Å²) in [4.78, 5) is 29.2. The molecule has 0 aliphatic rings. The number of benzene rings is 3. The highest BCUT2D eigenvalue weighted by Gasteiger charge is 2.18. The number of nitrogens with zero attached hydrogens (tertiary/aromatic N) is 1. The van der Waals surface area contributed by atoms with Gasteiger partial charge in [-0.25, -0.2) is 0 Å². The molecule has 8 heteroatoms. The van der Waals surface area contributed by atoms with Crippen molar-refractivity contribution in [1.29, 1.82) is 0 Å². The smallest absolute Gasteiger partial charge is 0.308 e. The summed E-state index contributed by atoms with van der Waals surface area (Å²) in [6, 6.07) is 16.9. The normalized spacial score (nSPS) is 11.2. The van der Waals surface area contributed by atoms with Gasteiger partial charge in [0.2, 0.25) is 11.7 Å². The Labute approximate surface area is 232 Å². The second-order valence-corrected chi connectivity index (χ2v) is 9.54. The number of ether oxygens (including phenoxy) is 3. The first kappa shape index (κ1) is 27.7. The second-order valence-electron chi connectivity index (χ2n) is 9.13. The van der Waals surface area contributed by atoms with E-state index in [0.717, 1.165) is 27.6 Å². The van der Waals surface area contributed by atoms with Crippen molar-refractivity contribution < 1.29 is 23.8 Å². The number of fused-ring (bicyclic) bond motifs is 1. The van der Waals surface area contributed by atoms with Crippen molar-refractivity contribution in [3.05, 3.63) is 83.0 Å². The highest BCUT2D eigenvalue weighted by Crippen LogP contribution is 2.40. The Morgan fingerprint density at radius 1 is 1.00 bits per heavy atom. The van der Waals surface area contributed by atoms with Crippen molar-refractivity contribution in [3.63, 3.8) is 0 Å². The molecule has 0 aliphatic carbocycles. The SMILES string of the molecule is COc1cc(/C=C/C(=O)Nc2cnc3ccc(C(C)C)cc3c2-c2ccccc2Cl)cc(OC)c1OC(C)=O. The van der Waals surface area contributed by atoms with E-state index in [1.165, 1.54) is 27.2 Å². The Hall–Kier alpha value is -4.36. The number of methoxy groups -OCH3 is 2. The molecule has 0 bridgehead atoms. The maximum absolute atomic E-state index is 13.1. The van der Waals surface area contributed by atoms with E-state index in [1.54, 1.807) is 24.4 Å². The van der Waals surface area contributed by atoms with Crippen molar-refractivity contribution in [2.45, 2.75) is 26.7 Å². The first-order chi connectivity index (χ1) is 18.7. The van der Waals surface area contributed by atoms with Crippen LogP contribution in [0, 0.1) is 0 Å². The van der Waals surface area contributed by atoms with Gasteiger partial charge in [0.15, 0.2) is 11.5 Å². The van der Waals surface area contributed by atoms with Crippen molar-refractivity contribution >= 4 is 46.1 Å². The standard InChI is InChI=1S/C31H29ClN2O5/c1-18(2)21-11-12-25-23(16-21)30(22-8-6-7-9-24(22)32)26(17-33-25)34-29(36)13-10-20-14-27(37-4)31(39-19(3)35)28(15-20)38-5/h6-18H,1-5H3,(H,34,36)/b13-10+. The minimum Gasteiger partial charge on any atom is -0.493 e. The lowest BCUT2D eigenvalue weighted by molar-refractivity contribution is -0.132. The number of carbonyl (C=O) groups is 2. The lowest BCUT2D eigenvalue weighted by Crippen LogP contribution is -2.10. The molecule has 4 aromatic rings. The Morgan fingerprint density at radius 2 is 1.69 bits per heavy atom. The number of nitrogens with one attached hydrogen (secondary N) is 1. The highest BCUT2D eigenvalue weighted by atomic mass is 35.5. The topological polar surface area (TPSA) is 86.8 Å². The first-order valence-electron chi connectivity index (χ1n) is 12.3. The Morgan fingerprint density at radius 3 is 2.31 bits per heavy atom. The van der Waals surface area contributed by atoms with Crippen molar-refractivity contribution in [2.75, 3.05) is 19.5 Å². The molecule has 1 amide bonds. The van der Waals surface area contributed by atoms with Crippen LogP contribution in [0.15, 0.2) is 66.9 Å². The third kappa shape index (κ3) is 6.21. The van der Waals surface area contributed by atoms with E-state index in [2.05, 4.69) is 36.3 Å². The molecule has 0 saturated heterocycles. The molecule has 39 heavy (non-hydrogen) atoms. The molecule has 1 aromatic heterocycles. The summed E-state index contributed by atoms with van der Waals surface area (Å²) in [5.41, 5.74) is 4.69. The fourth-order valence-electron chi connectivity index (χ4n) is 4.21. The summed E-state index contributed by atoms with van der Waals surface area (Å²) in [6.07, 6.45) is 4.64. The first-order valence-corrected chi connectivity index (χ1v) is 12.7. The van der Waals surface area contributed by atoms with Crippen molar-refractivity contribution in [1.82, 2.24) is 4.98 Å². The second kappa shape index (κ2) is 12.0. The van der Waals surface area contributed by atoms with Gasteiger partial charge in [-0.15, -0.1) is 0 Å². The zero-order valence-electron chi connectivity index (χ0n) is 22.4. The number of amides is 1. The average molecular weight is 545 g/mol. The van der Waals surface area contributed by atoms with Gasteiger partial charge in [-0.3, -0.25) is 14.6 Å². The number of halogens is 1. The lowest BCUT2D eigenvalue weighted by Gasteiger charge is -2.16. The maximum atomic E-state index is 13.1. The van der Waals surface area contributed by atoms with Gasteiger partial charge in [0.25, 0.3) is 0 Å². The van der Waals surface area contributed by atoms with Crippen LogP contribution in [-0.2, 0) is 9.59 Å². The van der Waals surface area contributed by atoms with Crippen LogP contribution in [0.4, 0.5) is 5.69 Å². The fraction of sp³-hybridized carbons (Fsp3) is 0.194. The molecule has 0 unspecified atom stereocenters. The molecule has 7 nitrogen and oxygen atoms in total. The van der Waals surface area contributed by atoms with E-state index in [0.29, 0.717) is 33.7 Å². The molecular formula is C31H29ClN2O5. The summed E-state index contributed by atoms with van der Waals surface area (Å²) < 4.78 is 16.0. The molecule has 200 valence electrons. The lowest BCUT2D eigenvalue weighted by atomic mass is 9.95. The molecular weight excluding hydrogens is 516 g/mol. The molecule has 0 atom stereocenters. The van der Waals surface area contributed by atoms with Crippen LogP contribution >= 0.6 is 11.6 Å². The molecule has 0 fully saturated rings. The Balaban J connectivity index is 1.72. The van der Waals surface area contributed by atoms with E-state index in [4.69, 9.17) is 25.8 Å². The third-order valence-electron chi connectivity index (χ3n) is 6.12. The number of anilines is 1.